The van der Waals surface area contributed by atoms with Gasteiger partial charge in [-0.15, -0.1) is 0 Å². The maximum Gasteiger partial charge on any atom is 0.293 e. The molecule has 0 saturated carbocycles. The lowest BCUT2D eigenvalue weighted by molar-refractivity contribution is -0.384. The van der Waals surface area contributed by atoms with Crippen molar-refractivity contribution in [3.05, 3.63) is 33.9 Å². The monoisotopic (exact) mass is 311 g/mol. The van der Waals surface area contributed by atoms with Crippen molar-refractivity contribution in [2.45, 2.75) is 26.3 Å². The summed E-state index contributed by atoms with van der Waals surface area (Å²) in [5, 5.41) is 17.0. The van der Waals surface area contributed by atoms with E-state index in [4.69, 9.17) is 0 Å². The van der Waals surface area contributed by atoms with Gasteiger partial charge in [-0.05, 0) is 31.7 Å². The summed E-state index contributed by atoms with van der Waals surface area (Å²) < 4.78 is 0. The maximum absolute atomic E-state index is 11.8. The summed E-state index contributed by atoms with van der Waals surface area (Å²) in [7, 11) is 0. The molecule has 21 heavy (non-hydrogen) atoms. The van der Waals surface area contributed by atoms with Crippen LogP contribution in [-0.2, 0) is 0 Å². The van der Waals surface area contributed by atoms with Gasteiger partial charge >= 0.3 is 0 Å². The number of rotatable bonds is 8. The molecule has 0 aliphatic rings. The first-order valence-corrected chi connectivity index (χ1v) is 8.24. The van der Waals surface area contributed by atoms with E-state index in [0.29, 0.717) is 17.8 Å². The average molecular weight is 311 g/mol. The van der Waals surface area contributed by atoms with Crippen molar-refractivity contribution in [3.8, 4) is 0 Å². The summed E-state index contributed by atoms with van der Waals surface area (Å²) in [6, 6.07) is 4.69. The van der Waals surface area contributed by atoms with Gasteiger partial charge in [0, 0.05) is 30.0 Å². The molecule has 1 rings (SSSR count). The first-order chi connectivity index (χ1) is 10.0. The number of nitro groups is 1. The first kappa shape index (κ1) is 17.3. The molecule has 0 fully saturated rings. The molecule has 1 unspecified atom stereocenters. The minimum Gasteiger partial charge on any atom is -0.376 e. The van der Waals surface area contributed by atoms with Gasteiger partial charge in [0.15, 0.2) is 0 Å². The number of nitrogens with zero attached hydrogens (tertiary/aromatic N) is 1. The van der Waals surface area contributed by atoms with Crippen LogP contribution in [0.4, 0.5) is 11.4 Å². The molecule has 0 aliphatic carbocycles. The number of hydrogen-bond donors (Lipinski definition) is 2. The Bertz CT molecular complexity index is 508. The Morgan fingerprint density at radius 1 is 1.43 bits per heavy atom. The van der Waals surface area contributed by atoms with Crippen molar-refractivity contribution in [3.63, 3.8) is 0 Å². The lowest BCUT2D eigenvalue weighted by Crippen LogP contribution is -2.24. The van der Waals surface area contributed by atoms with E-state index in [9.17, 15) is 14.9 Å². The fourth-order valence-corrected chi connectivity index (χ4v) is 2.61. The van der Waals surface area contributed by atoms with Gasteiger partial charge in [-0.3, -0.25) is 14.9 Å². The SMILES string of the molecule is CCNC(=O)c1ccc(NC(CC)CSC)c([N+](=O)[O-])c1. The van der Waals surface area contributed by atoms with E-state index in [1.165, 1.54) is 6.07 Å². The first-order valence-electron chi connectivity index (χ1n) is 6.85. The number of carbonyl (C=O) groups is 1. The van der Waals surface area contributed by atoms with Crippen LogP contribution < -0.4 is 10.6 Å². The number of nitrogens with one attached hydrogen (secondary N) is 2. The predicted octanol–water partition coefficient (Wildman–Crippen LogP) is 2.90. The Labute approximate surface area is 128 Å². The fourth-order valence-electron chi connectivity index (χ4n) is 1.89. The lowest BCUT2D eigenvalue weighted by atomic mass is 10.1. The number of anilines is 1. The van der Waals surface area contributed by atoms with Crippen LogP contribution in [0.3, 0.4) is 0 Å². The molecule has 0 spiro atoms. The van der Waals surface area contributed by atoms with Gasteiger partial charge in [0.2, 0.25) is 0 Å². The molecule has 0 aliphatic heterocycles. The highest BCUT2D eigenvalue weighted by Gasteiger charge is 2.19. The number of hydrogen-bond acceptors (Lipinski definition) is 5. The van der Waals surface area contributed by atoms with E-state index in [1.807, 2.05) is 13.2 Å². The molecule has 1 aromatic carbocycles. The zero-order chi connectivity index (χ0) is 15.8. The minimum atomic E-state index is -0.461. The van der Waals surface area contributed by atoms with E-state index in [2.05, 4.69) is 10.6 Å². The summed E-state index contributed by atoms with van der Waals surface area (Å²) in [6.07, 6.45) is 2.87. The summed E-state index contributed by atoms with van der Waals surface area (Å²) >= 11 is 1.69. The molecule has 1 atom stereocenters. The number of nitro benzene ring substituents is 1. The lowest BCUT2D eigenvalue weighted by Gasteiger charge is -2.17. The van der Waals surface area contributed by atoms with Gasteiger partial charge in [-0.2, -0.15) is 11.8 Å². The van der Waals surface area contributed by atoms with Gasteiger partial charge in [0.05, 0.1) is 4.92 Å². The Hall–Kier alpha value is -1.76. The van der Waals surface area contributed by atoms with E-state index >= 15 is 0 Å². The van der Waals surface area contributed by atoms with Crippen LogP contribution in [0, 0.1) is 10.1 Å². The third-order valence-electron chi connectivity index (χ3n) is 3.01. The largest absolute Gasteiger partial charge is 0.376 e. The fraction of sp³-hybridized carbons (Fsp3) is 0.500. The van der Waals surface area contributed by atoms with Crippen LogP contribution in [0.25, 0.3) is 0 Å². The third-order valence-corrected chi connectivity index (χ3v) is 3.75. The molecule has 1 aromatic rings. The van der Waals surface area contributed by atoms with Crippen LogP contribution in [0.5, 0.6) is 0 Å². The molecule has 0 heterocycles. The van der Waals surface area contributed by atoms with Crippen molar-refractivity contribution in [2.24, 2.45) is 0 Å². The molecule has 0 bridgehead atoms. The van der Waals surface area contributed by atoms with Crippen LogP contribution in [0.1, 0.15) is 30.6 Å². The molecule has 6 nitrogen and oxygen atoms in total. The van der Waals surface area contributed by atoms with Crippen molar-refractivity contribution >= 4 is 29.0 Å². The molecule has 2 N–H and O–H groups in total. The molecule has 1 amide bonds. The second kappa shape index (κ2) is 8.51. The maximum atomic E-state index is 11.8. The van der Waals surface area contributed by atoms with Gasteiger partial charge < -0.3 is 10.6 Å². The molecule has 0 radical (unpaired) electrons. The normalized spacial score (nSPS) is 11.8. The Balaban J connectivity index is 3.04. The zero-order valence-electron chi connectivity index (χ0n) is 12.5. The second-order valence-corrected chi connectivity index (χ2v) is 5.46. The van der Waals surface area contributed by atoms with Gasteiger partial charge in [0.1, 0.15) is 5.69 Å². The summed E-state index contributed by atoms with van der Waals surface area (Å²) in [4.78, 5) is 22.5. The van der Waals surface area contributed by atoms with E-state index in [-0.39, 0.29) is 17.6 Å². The van der Waals surface area contributed by atoms with Crippen molar-refractivity contribution < 1.29 is 9.72 Å². The summed E-state index contributed by atoms with van der Waals surface area (Å²) in [6.45, 7) is 4.32. The molecule has 116 valence electrons. The van der Waals surface area contributed by atoms with Crippen molar-refractivity contribution in [2.75, 3.05) is 23.9 Å². The highest BCUT2D eigenvalue weighted by Crippen LogP contribution is 2.27. The highest BCUT2D eigenvalue weighted by molar-refractivity contribution is 7.98. The smallest absolute Gasteiger partial charge is 0.293 e. The van der Waals surface area contributed by atoms with Gasteiger partial charge in [0.25, 0.3) is 11.6 Å². The minimum absolute atomic E-state index is 0.0710. The van der Waals surface area contributed by atoms with Crippen molar-refractivity contribution in [1.82, 2.24) is 5.32 Å². The zero-order valence-corrected chi connectivity index (χ0v) is 13.3. The van der Waals surface area contributed by atoms with Crippen LogP contribution >= 0.6 is 11.8 Å². The average Bonchev–Trinajstić information content (AvgIpc) is 2.47. The second-order valence-electron chi connectivity index (χ2n) is 4.55. The van der Waals surface area contributed by atoms with E-state index < -0.39 is 4.92 Å². The third kappa shape index (κ3) is 4.93. The Kier molecular flexibility index (Phi) is 7.01. The Morgan fingerprint density at radius 2 is 2.14 bits per heavy atom. The highest BCUT2D eigenvalue weighted by atomic mass is 32.2. The molecular formula is C14H21N3O3S. The topological polar surface area (TPSA) is 84.3 Å². The molecule has 0 aromatic heterocycles. The Morgan fingerprint density at radius 3 is 2.67 bits per heavy atom. The number of benzene rings is 1. The van der Waals surface area contributed by atoms with Crippen LogP contribution in [0.15, 0.2) is 18.2 Å². The van der Waals surface area contributed by atoms with Crippen LogP contribution in [-0.4, -0.2) is 35.4 Å². The van der Waals surface area contributed by atoms with Crippen molar-refractivity contribution in [1.29, 1.82) is 0 Å². The van der Waals surface area contributed by atoms with Gasteiger partial charge in [-0.1, -0.05) is 6.92 Å². The predicted molar refractivity (Wildman–Crippen MR) is 87.2 cm³/mol. The van der Waals surface area contributed by atoms with Crippen LogP contribution in [0.2, 0.25) is 0 Å². The standard InChI is InChI=1S/C14H21N3O3S/c1-4-11(9-21-3)16-12-7-6-10(14(18)15-5-2)8-13(12)17(19)20/h6-8,11,16H,4-5,9H2,1-3H3,(H,15,18). The summed E-state index contributed by atoms with van der Waals surface area (Å²) in [5.74, 6) is 0.564. The summed E-state index contributed by atoms with van der Waals surface area (Å²) in [5.41, 5.74) is 0.680. The van der Waals surface area contributed by atoms with E-state index in [0.717, 1.165) is 12.2 Å². The number of amides is 1. The van der Waals surface area contributed by atoms with E-state index in [1.54, 1.807) is 30.8 Å². The molecular weight excluding hydrogens is 290 g/mol. The number of carbonyl (C=O) groups excluding carboxylic acids is 1. The quantitative estimate of drug-likeness (QED) is 0.569. The molecule has 0 saturated heterocycles. The molecule has 7 heteroatoms. The number of thioether (sulfide) groups is 1. The van der Waals surface area contributed by atoms with Gasteiger partial charge in [-0.25, -0.2) is 0 Å².